The molecule has 1 aromatic heterocycles. The van der Waals surface area contributed by atoms with E-state index in [0.717, 1.165) is 17.1 Å². The SMILES string of the molecule is Cc1ccc(/C=N/c2cc(C)cc(C)n2)cc1. The van der Waals surface area contributed by atoms with Gasteiger partial charge in [-0.25, -0.2) is 9.98 Å². The number of pyridine rings is 1. The maximum atomic E-state index is 4.39. The molecule has 1 aromatic carbocycles. The quantitative estimate of drug-likeness (QED) is 0.713. The molecule has 2 nitrogen and oxygen atoms in total. The molecule has 17 heavy (non-hydrogen) atoms. The Balaban J connectivity index is 2.22. The summed E-state index contributed by atoms with van der Waals surface area (Å²) in [5.41, 5.74) is 4.54. The maximum absolute atomic E-state index is 4.39. The summed E-state index contributed by atoms with van der Waals surface area (Å²) in [6, 6.07) is 12.3. The van der Waals surface area contributed by atoms with Crippen molar-refractivity contribution < 1.29 is 0 Å². The van der Waals surface area contributed by atoms with Crippen LogP contribution in [0.1, 0.15) is 22.4 Å². The first-order chi connectivity index (χ1) is 8.13. The van der Waals surface area contributed by atoms with Gasteiger partial charge in [-0.15, -0.1) is 0 Å². The zero-order chi connectivity index (χ0) is 12.3. The zero-order valence-electron chi connectivity index (χ0n) is 10.4. The van der Waals surface area contributed by atoms with Crippen molar-refractivity contribution in [3.05, 3.63) is 58.8 Å². The van der Waals surface area contributed by atoms with Crippen LogP contribution in [0.4, 0.5) is 5.82 Å². The highest BCUT2D eigenvalue weighted by Crippen LogP contribution is 2.12. The molecule has 0 amide bonds. The van der Waals surface area contributed by atoms with Crippen LogP contribution in [-0.2, 0) is 0 Å². The molecule has 0 bridgehead atoms. The lowest BCUT2D eigenvalue weighted by Crippen LogP contribution is -1.85. The predicted molar refractivity (Wildman–Crippen MR) is 72.1 cm³/mol. The van der Waals surface area contributed by atoms with E-state index in [1.165, 1.54) is 11.1 Å². The van der Waals surface area contributed by atoms with Crippen LogP contribution in [0.25, 0.3) is 0 Å². The lowest BCUT2D eigenvalue weighted by Gasteiger charge is -1.99. The van der Waals surface area contributed by atoms with Crippen LogP contribution >= 0.6 is 0 Å². The number of benzene rings is 1. The summed E-state index contributed by atoms with van der Waals surface area (Å²) in [7, 11) is 0. The number of hydrogen-bond acceptors (Lipinski definition) is 2. The predicted octanol–water partition coefficient (Wildman–Crippen LogP) is 3.76. The topological polar surface area (TPSA) is 25.2 Å². The fourth-order valence-corrected chi connectivity index (χ4v) is 1.68. The highest BCUT2D eigenvalue weighted by molar-refractivity contribution is 5.81. The Labute approximate surface area is 102 Å². The molecular weight excluding hydrogens is 208 g/mol. The first kappa shape index (κ1) is 11.5. The summed E-state index contributed by atoms with van der Waals surface area (Å²) in [6.45, 7) is 6.11. The van der Waals surface area contributed by atoms with Crippen LogP contribution in [0, 0.1) is 20.8 Å². The Morgan fingerprint density at radius 1 is 0.941 bits per heavy atom. The van der Waals surface area contributed by atoms with Gasteiger partial charge in [0.25, 0.3) is 0 Å². The van der Waals surface area contributed by atoms with Gasteiger partial charge in [0.15, 0.2) is 5.82 Å². The molecule has 2 rings (SSSR count). The van der Waals surface area contributed by atoms with Gasteiger partial charge in [0.05, 0.1) is 0 Å². The van der Waals surface area contributed by atoms with Crippen LogP contribution in [0.5, 0.6) is 0 Å². The third-order valence-electron chi connectivity index (χ3n) is 2.51. The molecule has 0 aliphatic carbocycles. The van der Waals surface area contributed by atoms with Crippen molar-refractivity contribution >= 4 is 12.0 Å². The van der Waals surface area contributed by atoms with E-state index in [-0.39, 0.29) is 0 Å². The molecule has 0 saturated carbocycles. The van der Waals surface area contributed by atoms with Gasteiger partial charge in [0, 0.05) is 11.9 Å². The standard InChI is InChI=1S/C15H16N2/c1-11-4-6-14(7-5-11)10-16-15-9-12(2)8-13(3)17-15/h4-10H,1-3H3/b16-10+. The molecule has 0 aliphatic rings. The lowest BCUT2D eigenvalue weighted by atomic mass is 10.2. The van der Waals surface area contributed by atoms with E-state index < -0.39 is 0 Å². The fourth-order valence-electron chi connectivity index (χ4n) is 1.68. The lowest BCUT2D eigenvalue weighted by molar-refractivity contribution is 1.16. The van der Waals surface area contributed by atoms with Crippen LogP contribution in [0.3, 0.4) is 0 Å². The minimum absolute atomic E-state index is 0.767. The van der Waals surface area contributed by atoms with Crippen LogP contribution in [0.15, 0.2) is 41.4 Å². The van der Waals surface area contributed by atoms with Gasteiger partial charge in [0.1, 0.15) is 0 Å². The first-order valence-corrected chi connectivity index (χ1v) is 5.69. The van der Waals surface area contributed by atoms with Crippen molar-refractivity contribution in [2.24, 2.45) is 4.99 Å². The summed E-state index contributed by atoms with van der Waals surface area (Å²) < 4.78 is 0. The number of aliphatic imine (C=N–C) groups is 1. The maximum Gasteiger partial charge on any atom is 0.152 e. The smallest absolute Gasteiger partial charge is 0.152 e. The first-order valence-electron chi connectivity index (χ1n) is 5.69. The molecule has 86 valence electrons. The summed E-state index contributed by atoms with van der Waals surface area (Å²) >= 11 is 0. The van der Waals surface area contributed by atoms with E-state index in [1.807, 2.05) is 25.3 Å². The van der Waals surface area contributed by atoms with E-state index in [1.54, 1.807) is 0 Å². The number of rotatable bonds is 2. The minimum atomic E-state index is 0.767. The van der Waals surface area contributed by atoms with Crippen LogP contribution in [-0.4, -0.2) is 11.2 Å². The van der Waals surface area contributed by atoms with Gasteiger partial charge in [-0.1, -0.05) is 29.8 Å². The highest BCUT2D eigenvalue weighted by Gasteiger charge is 1.94. The van der Waals surface area contributed by atoms with Crippen molar-refractivity contribution in [3.63, 3.8) is 0 Å². The Bertz CT molecular complexity index is 519. The van der Waals surface area contributed by atoms with Gasteiger partial charge >= 0.3 is 0 Å². The molecule has 0 saturated heterocycles. The monoisotopic (exact) mass is 224 g/mol. The molecule has 2 heteroatoms. The van der Waals surface area contributed by atoms with E-state index >= 15 is 0 Å². The molecule has 0 aliphatic heterocycles. The number of hydrogen-bond donors (Lipinski definition) is 0. The Kier molecular flexibility index (Phi) is 3.33. The molecule has 0 radical (unpaired) electrons. The summed E-state index contributed by atoms with van der Waals surface area (Å²) in [6.07, 6.45) is 1.85. The molecule has 2 aromatic rings. The Morgan fingerprint density at radius 3 is 2.29 bits per heavy atom. The summed E-state index contributed by atoms with van der Waals surface area (Å²) in [4.78, 5) is 8.76. The minimum Gasteiger partial charge on any atom is -0.237 e. The number of nitrogens with zero attached hydrogens (tertiary/aromatic N) is 2. The van der Waals surface area contributed by atoms with Crippen molar-refractivity contribution in [1.82, 2.24) is 4.98 Å². The van der Waals surface area contributed by atoms with Gasteiger partial charge in [0.2, 0.25) is 0 Å². The molecule has 1 heterocycles. The third kappa shape index (κ3) is 3.25. The molecule has 0 fully saturated rings. The summed E-state index contributed by atoms with van der Waals surface area (Å²) in [5, 5.41) is 0. The molecule has 0 spiro atoms. The highest BCUT2D eigenvalue weighted by atomic mass is 14.9. The van der Waals surface area contributed by atoms with Crippen LogP contribution in [0.2, 0.25) is 0 Å². The molecule has 0 atom stereocenters. The van der Waals surface area contributed by atoms with E-state index in [0.29, 0.717) is 0 Å². The Hall–Kier alpha value is -1.96. The molecule has 0 unspecified atom stereocenters. The number of aromatic nitrogens is 1. The van der Waals surface area contributed by atoms with Crippen LogP contribution < -0.4 is 0 Å². The van der Waals surface area contributed by atoms with E-state index in [2.05, 4.69) is 48.1 Å². The average Bonchev–Trinajstić information content (AvgIpc) is 2.27. The largest absolute Gasteiger partial charge is 0.237 e. The van der Waals surface area contributed by atoms with Crippen molar-refractivity contribution in [3.8, 4) is 0 Å². The molecular formula is C15H16N2. The zero-order valence-corrected chi connectivity index (χ0v) is 10.4. The second-order valence-electron chi connectivity index (χ2n) is 4.31. The average molecular weight is 224 g/mol. The Morgan fingerprint density at radius 2 is 1.65 bits per heavy atom. The van der Waals surface area contributed by atoms with Crippen molar-refractivity contribution in [2.45, 2.75) is 20.8 Å². The second-order valence-corrected chi connectivity index (χ2v) is 4.31. The van der Waals surface area contributed by atoms with E-state index in [9.17, 15) is 0 Å². The normalized spacial score (nSPS) is 11.0. The van der Waals surface area contributed by atoms with Crippen molar-refractivity contribution in [1.29, 1.82) is 0 Å². The fraction of sp³-hybridized carbons (Fsp3) is 0.200. The summed E-state index contributed by atoms with van der Waals surface area (Å²) in [5.74, 6) is 0.767. The van der Waals surface area contributed by atoms with E-state index in [4.69, 9.17) is 0 Å². The second kappa shape index (κ2) is 4.91. The van der Waals surface area contributed by atoms with Gasteiger partial charge < -0.3 is 0 Å². The van der Waals surface area contributed by atoms with Gasteiger partial charge in [-0.2, -0.15) is 0 Å². The van der Waals surface area contributed by atoms with Crippen molar-refractivity contribution in [2.75, 3.05) is 0 Å². The molecule has 0 N–H and O–H groups in total. The third-order valence-corrected chi connectivity index (χ3v) is 2.51. The number of aryl methyl sites for hydroxylation is 3. The van der Waals surface area contributed by atoms with Gasteiger partial charge in [-0.3, -0.25) is 0 Å². The van der Waals surface area contributed by atoms with Gasteiger partial charge in [-0.05, 0) is 44.0 Å².